The summed E-state index contributed by atoms with van der Waals surface area (Å²) in [5.41, 5.74) is 9.16. The number of hydrogen-bond donors (Lipinski definition) is 3. The number of oxazole rings is 1. The molecule has 0 unspecified atom stereocenters. The Balaban J connectivity index is 1.27. The molecule has 13 heteroatoms. The number of rotatable bonds is 8. The fraction of sp³-hybridized carbons (Fsp3) is 0.310. The molecule has 0 bridgehead atoms. The number of amides is 2. The van der Waals surface area contributed by atoms with Crippen LogP contribution in [0.15, 0.2) is 39.9 Å². The van der Waals surface area contributed by atoms with Gasteiger partial charge in [0.05, 0.1) is 24.9 Å². The van der Waals surface area contributed by atoms with Gasteiger partial charge in [-0.3, -0.25) is 19.1 Å². The summed E-state index contributed by atoms with van der Waals surface area (Å²) >= 11 is 7.83. The monoisotopic (exact) mass is 604 g/mol. The molecule has 0 saturated heterocycles. The van der Waals surface area contributed by atoms with Crippen molar-refractivity contribution in [2.75, 3.05) is 19.6 Å². The van der Waals surface area contributed by atoms with Crippen LogP contribution in [0.2, 0.25) is 5.02 Å². The maximum atomic E-state index is 13.1. The highest BCUT2D eigenvalue weighted by molar-refractivity contribution is 7.15. The Morgan fingerprint density at radius 2 is 1.90 bits per heavy atom. The van der Waals surface area contributed by atoms with E-state index in [4.69, 9.17) is 26.7 Å². The summed E-state index contributed by atoms with van der Waals surface area (Å²) < 4.78 is 7.30. The van der Waals surface area contributed by atoms with E-state index < -0.39 is 11.9 Å². The first-order chi connectivity index (χ1) is 20.3. The smallest absolute Gasteiger partial charge is 0.288 e. The van der Waals surface area contributed by atoms with E-state index in [-0.39, 0.29) is 30.5 Å². The second kappa shape index (κ2) is 12.7. The van der Waals surface area contributed by atoms with E-state index in [0.29, 0.717) is 30.4 Å². The minimum Gasteiger partial charge on any atom is -0.425 e. The summed E-state index contributed by atoms with van der Waals surface area (Å²) in [5.74, 6) is 6.18. The van der Waals surface area contributed by atoms with E-state index in [9.17, 15) is 9.59 Å². The average molecular weight is 605 g/mol. The number of aryl methyl sites for hydroxylation is 2. The Bertz CT molecular complexity index is 1730. The lowest BCUT2D eigenvalue weighted by Crippen LogP contribution is -2.30. The molecular weight excluding hydrogens is 576 g/mol. The molecule has 216 valence electrons. The standard InChI is InChI=1S/C29H29ClN8O3S/c1-16-17(2)42-29-25(16)26(19-7-9-20(30)10-8-19)35-21(27-37-36-18(3)38(27)29)14-23(39)32-12-5-13-33-28(40)22-15-34-24(41-22)6-4-11-31/h7-10,15,21H,5,11-14,31H2,1-3H3,(H,32,39)(H,33,40)/t21-/m0/s1. The molecule has 1 atom stereocenters. The number of halogens is 1. The molecule has 0 saturated carbocycles. The van der Waals surface area contributed by atoms with Crippen LogP contribution in [-0.4, -0.2) is 56.9 Å². The molecule has 4 N–H and O–H groups in total. The summed E-state index contributed by atoms with van der Waals surface area (Å²) in [5, 5.41) is 16.1. The molecule has 0 spiro atoms. The zero-order valence-electron chi connectivity index (χ0n) is 23.3. The van der Waals surface area contributed by atoms with Gasteiger partial charge in [0, 0.05) is 34.1 Å². The Morgan fingerprint density at radius 3 is 2.67 bits per heavy atom. The van der Waals surface area contributed by atoms with Gasteiger partial charge in [-0.25, -0.2) is 4.98 Å². The molecule has 0 fully saturated rings. The van der Waals surface area contributed by atoms with Gasteiger partial charge >= 0.3 is 0 Å². The number of hydrogen-bond acceptors (Lipinski definition) is 9. The topological polar surface area (TPSA) is 153 Å². The largest absolute Gasteiger partial charge is 0.425 e. The number of nitrogens with zero attached hydrogens (tertiary/aromatic N) is 5. The quantitative estimate of drug-likeness (QED) is 0.206. The van der Waals surface area contributed by atoms with Crippen LogP contribution in [0.5, 0.6) is 0 Å². The van der Waals surface area contributed by atoms with Crippen molar-refractivity contribution in [2.24, 2.45) is 10.7 Å². The van der Waals surface area contributed by atoms with Gasteiger partial charge in [-0.2, -0.15) is 0 Å². The molecule has 4 heterocycles. The van der Waals surface area contributed by atoms with Crippen molar-refractivity contribution in [1.29, 1.82) is 0 Å². The van der Waals surface area contributed by atoms with E-state index in [0.717, 1.165) is 33.2 Å². The van der Waals surface area contributed by atoms with Crippen molar-refractivity contribution in [2.45, 2.75) is 39.7 Å². The summed E-state index contributed by atoms with van der Waals surface area (Å²) in [6.45, 7) is 6.93. The third-order valence-corrected chi connectivity index (χ3v) is 8.17. The second-order valence-corrected chi connectivity index (χ2v) is 11.2. The normalized spacial score (nSPS) is 13.7. The number of nitrogens with two attached hydrogens (primary N) is 1. The van der Waals surface area contributed by atoms with Crippen LogP contribution >= 0.6 is 22.9 Å². The van der Waals surface area contributed by atoms with E-state index in [1.54, 1.807) is 11.3 Å². The highest BCUT2D eigenvalue weighted by atomic mass is 35.5. The lowest BCUT2D eigenvalue weighted by molar-refractivity contribution is -0.121. The lowest BCUT2D eigenvalue weighted by atomic mass is 9.99. The molecule has 0 radical (unpaired) electrons. The molecule has 3 aromatic heterocycles. The molecule has 0 aliphatic carbocycles. The minimum atomic E-state index is -0.557. The fourth-order valence-electron chi connectivity index (χ4n) is 4.55. The maximum absolute atomic E-state index is 13.1. The second-order valence-electron chi connectivity index (χ2n) is 9.60. The molecule has 1 aliphatic rings. The van der Waals surface area contributed by atoms with Gasteiger partial charge < -0.3 is 20.8 Å². The Kier molecular flexibility index (Phi) is 8.82. The molecular formula is C29H29ClN8O3S. The highest BCUT2D eigenvalue weighted by Gasteiger charge is 2.32. The van der Waals surface area contributed by atoms with Crippen LogP contribution in [0.25, 0.3) is 5.00 Å². The van der Waals surface area contributed by atoms with Gasteiger partial charge in [0.15, 0.2) is 5.82 Å². The molecule has 2 amide bonds. The zero-order valence-corrected chi connectivity index (χ0v) is 24.9. The fourth-order valence-corrected chi connectivity index (χ4v) is 5.89. The third-order valence-electron chi connectivity index (χ3n) is 6.72. The first-order valence-electron chi connectivity index (χ1n) is 13.3. The SMILES string of the molecule is Cc1sc2c(c1C)C(c1ccc(Cl)cc1)=N[C@@H](CC(=O)NCCCNC(=O)c1cnc(C#CCN)o1)c1nnc(C)n1-2. The number of benzene rings is 1. The van der Waals surface area contributed by atoms with Crippen LogP contribution in [0, 0.1) is 32.6 Å². The first-order valence-corrected chi connectivity index (χ1v) is 14.5. The van der Waals surface area contributed by atoms with Crippen LogP contribution < -0.4 is 16.4 Å². The molecule has 1 aromatic carbocycles. The zero-order chi connectivity index (χ0) is 29.8. The van der Waals surface area contributed by atoms with Crippen molar-refractivity contribution in [3.05, 3.63) is 80.4 Å². The summed E-state index contributed by atoms with van der Waals surface area (Å²) in [7, 11) is 0. The Morgan fingerprint density at radius 1 is 1.14 bits per heavy atom. The third kappa shape index (κ3) is 6.13. The first kappa shape index (κ1) is 29.2. The van der Waals surface area contributed by atoms with E-state index in [2.05, 4.69) is 51.5 Å². The van der Waals surface area contributed by atoms with Gasteiger partial charge in [-0.1, -0.05) is 29.7 Å². The van der Waals surface area contributed by atoms with Gasteiger partial charge in [0.1, 0.15) is 16.9 Å². The van der Waals surface area contributed by atoms with Crippen molar-refractivity contribution >= 4 is 40.5 Å². The predicted octanol–water partition coefficient (Wildman–Crippen LogP) is 3.42. The number of aromatic nitrogens is 4. The number of aliphatic imine (C=N–C) groups is 1. The summed E-state index contributed by atoms with van der Waals surface area (Å²) in [6, 6.07) is 6.99. The van der Waals surface area contributed by atoms with Crippen molar-refractivity contribution in [1.82, 2.24) is 30.4 Å². The van der Waals surface area contributed by atoms with Crippen LogP contribution in [-0.2, 0) is 4.79 Å². The number of nitrogens with one attached hydrogen (secondary N) is 2. The molecule has 11 nitrogen and oxygen atoms in total. The minimum absolute atomic E-state index is 0.0569. The van der Waals surface area contributed by atoms with E-state index in [1.807, 2.05) is 35.8 Å². The van der Waals surface area contributed by atoms with Crippen LogP contribution in [0.4, 0.5) is 0 Å². The number of fused-ring (bicyclic) bond motifs is 3. The Hall–Kier alpha value is -4.31. The van der Waals surface area contributed by atoms with Crippen molar-refractivity contribution < 1.29 is 14.0 Å². The van der Waals surface area contributed by atoms with Gasteiger partial charge in [0.2, 0.25) is 11.7 Å². The average Bonchev–Trinajstić information content (AvgIpc) is 3.65. The summed E-state index contributed by atoms with van der Waals surface area (Å²) in [4.78, 5) is 35.6. The van der Waals surface area contributed by atoms with Gasteiger partial charge in [-0.05, 0) is 50.8 Å². The molecule has 1 aliphatic heterocycles. The van der Waals surface area contributed by atoms with Crippen LogP contribution in [0.3, 0.4) is 0 Å². The highest BCUT2D eigenvalue weighted by Crippen LogP contribution is 2.39. The van der Waals surface area contributed by atoms with Gasteiger partial charge in [0.25, 0.3) is 11.8 Å². The number of carbonyl (C=O) groups excluding carboxylic acids is 2. The number of thiophene rings is 1. The predicted molar refractivity (Wildman–Crippen MR) is 160 cm³/mol. The van der Waals surface area contributed by atoms with E-state index in [1.165, 1.54) is 11.1 Å². The van der Waals surface area contributed by atoms with Crippen molar-refractivity contribution in [3.8, 4) is 16.8 Å². The van der Waals surface area contributed by atoms with Gasteiger partial charge in [-0.15, -0.1) is 21.5 Å². The lowest BCUT2D eigenvalue weighted by Gasteiger charge is -2.13. The van der Waals surface area contributed by atoms with Crippen molar-refractivity contribution in [3.63, 3.8) is 0 Å². The molecule has 42 heavy (non-hydrogen) atoms. The Labute approximate surface area is 251 Å². The number of carbonyl (C=O) groups is 2. The summed E-state index contributed by atoms with van der Waals surface area (Å²) in [6.07, 6.45) is 1.91. The van der Waals surface area contributed by atoms with E-state index >= 15 is 0 Å². The molecule has 4 aromatic rings. The molecule has 5 rings (SSSR count). The maximum Gasteiger partial charge on any atom is 0.288 e. The van der Waals surface area contributed by atoms with Crippen LogP contribution in [0.1, 0.15) is 68.5 Å².